The Morgan fingerprint density at radius 3 is 2.67 bits per heavy atom. The van der Waals surface area contributed by atoms with Gasteiger partial charge in [-0.15, -0.1) is 0 Å². The fourth-order valence-corrected chi connectivity index (χ4v) is 4.25. The molecular weight excluding hydrogens is 414 g/mol. The molecule has 1 amide bonds. The predicted molar refractivity (Wildman–Crippen MR) is 104 cm³/mol. The van der Waals surface area contributed by atoms with Crippen molar-refractivity contribution in [1.29, 1.82) is 0 Å². The van der Waals surface area contributed by atoms with Crippen molar-refractivity contribution in [2.45, 2.75) is 51.2 Å². The number of methoxy groups -OCH3 is 1. The number of carbonyl (C=O) groups is 2. The van der Waals surface area contributed by atoms with E-state index in [0.29, 0.717) is 29.7 Å². The van der Waals surface area contributed by atoms with Crippen molar-refractivity contribution < 1.29 is 23.8 Å². The molecule has 1 aliphatic carbocycles. The minimum absolute atomic E-state index is 0.145. The zero-order valence-electron chi connectivity index (χ0n) is 15.8. The molecule has 1 aromatic rings. The van der Waals surface area contributed by atoms with E-state index in [1.165, 1.54) is 0 Å². The van der Waals surface area contributed by atoms with Gasteiger partial charge in [-0.2, -0.15) is 0 Å². The van der Waals surface area contributed by atoms with E-state index in [2.05, 4.69) is 21.2 Å². The summed E-state index contributed by atoms with van der Waals surface area (Å²) < 4.78 is 16.8. The molecule has 0 aromatic heterocycles. The summed E-state index contributed by atoms with van der Waals surface area (Å²) in [7, 11) is 1.69. The Hall–Kier alpha value is -1.86. The third-order valence-electron chi connectivity index (χ3n) is 5.20. The lowest BCUT2D eigenvalue weighted by Gasteiger charge is -2.37. The van der Waals surface area contributed by atoms with Crippen LogP contribution in [0.3, 0.4) is 0 Å². The fraction of sp³-hybridized carbons (Fsp3) is 0.500. The highest BCUT2D eigenvalue weighted by molar-refractivity contribution is 9.10. The Balaban J connectivity index is 2.08. The largest absolute Gasteiger partial charge is 0.513 e. The predicted octanol–water partition coefficient (Wildman–Crippen LogP) is 4.10. The molecule has 7 heteroatoms. The molecule has 6 nitrogen and oxygen atoms in total. The van der Waals surface area contributed by atoms with Crippen molar-refractivity contribution >= 4 is 33.6 Å². The zero-order valence-corrected chi connectivity index (χ0v) is 17.4. The van der Waals surface area contributed by atoms with E-state index >= 15 is 0 Å². The highest BCUT2D eigenvalue weighted by atomic mass is 79.9. The van der Waals surface area contributed by atoms with E-state index in [1.54, 1.807) is 14.0 Å². The van der Waals surface area contributed by atoms with Crippen molar-refractivity contribution in [2.24, 2.45) is 0 Å². The molecule has 3 rings (SSSR count). The maximum Gasteiger partial charge on any atom is 0.513 e. The average molecular weight is 438 g/mol. The molecule has 0 saturated heterocycles. The smallest absolute Gasteiger partial charge is 0.434 e. The highest BCUT2D eigenvalue weighted by Gasteiger charge is 2.50. The van der Waals surface area contributed by atoms with Crippen LogP contribution >= 0.6 is 15.9 Å². The van der Waals surface area contributed by atoms with Crippen LogP contribution in [0.15, 0.2) is 28.4 Å². The molecule has 1 spiro atoms. The first-order valence-corrected chi connectivity index (χ1v) is 9.90. The van der Waals surface area contributed by atoms with Crippen LogP contribution in [0.1, 0.15) is 43.7 Å². The lowest BCUT2D eigenvalue weighted by molar-refractivity contribution is -0.116. The number of amides is 1. The summed E-state index contributed by atoms with van der Waals surface area (Å²) in [6.45, 7) is 3.87. The lowest BCUT2D eigenvalue weighted by atomic mass is 9.79. The maximum absolute atomic E-state index is 13.0. The second kappa shape index (κ2) is 8.02. The first kappa shape index (κ1) is 19.9. The Morgan fingerprint density at radius 1 is 1.33 bits per heavy atom. The number of benzene rings is 1. The quantitative estimate of drug-likeness (QED) is 0.717. The van der Waals surface area contributed by atoms with Crippen molar-refractivity contribution in [2.75, 3.05) is 13.7 Å². The Labute approximate surface area is 167 Å². The third kappa shape index (κ3) is 3.89. The molecule has 1 heterocycles. The fourth-order valence-electron chi connectivity index (χ4n) is 3.81. The molecule has 0 bridgehead atoms. The van der Waals surface area contributed by atoms with E-state index in [4.69, 9.17) is 14.2 Å². The number of carbonyl (C=O) groups excluding carboxylic acids is 2. The normalized spacial score (nSPS) is 24.9. The van der Waals surface area contributed by atoms with Crippen molar-refractivity contribution in [3.8, 4) is 0 Å². The summed E-state index contributed by atoms with van der Waals surface area (Å²) in [5.74, 6) is 0.114. The third-order valence-corrected chi connectivity index (χ3v) is 5.89. The van der Waals surface area contributed by atoms with Gasteiger partial charge in [0, 0.05) is 17.1 Å². The summed E-state index contributed by atoms with van der Waals surface area (Å²) in [5, 5.41) is 3.08. The summed E-state index contributed by atoms with van der Waals surface area (Å²) in [6.07, 6.45) is 2.17. The number of rotatable bonds is 4. The molecule has 2 aliphatic rings. The summed E-state index contributed by atoms with van der Waals surface area (Å²) in [6, 6.07) is 5.75. The monoisotopic (exact) mass is 437 g/mol. The van der Waals surface area contributed by atoms with Gasteiger partial charge in [0.2, 0.25) is 0 Å². The zero-order chi connectivity index (χ0) is 19.6. The maximum atomic E-state index is 13.0. The molecule has 1 fully saturated rings. The van der Waals surface area contributed by atoms with Crippen LogP contribution in [0.4, 0.5) is 4.79 Å². The topological polar surface area (TPSA) is 73.9 Å². The first-order chi connectivity index (χ1) is 12.9. The standard InChI is InChI=1S/C20H24BrNO5/c1-4-26-19(24)27-17-16(14-11-12(2)5-6-15(14)21)18(23)22-20(17)9-7-13(25-3)8-10-20/h5-6,11,13H,4,7-10H2,1-3H3,(H,22,23). The Bertz CT molecular complexity index is 781. The molecule has 0 radical (unpaired) electrons. The average Bonchev–Trinajstić information content (AvgIpc) is 2.89. The van der Waals surface area contributed by atoms with Crippen LogP contribution in [-0.2, 0) is 19.0 Å². The molecular formula is C20H24BrNO5. The molecule has 1 saturated carbocycles. The van der Waals surface area contributed by atoms with Gasteiger partial charge in [-0.25, -0.2) is 4.79 Å². The van der Waals surface area contributed by atoms with E-state index in [9.17, 15) is 9.59 Å². The van der Waals surface area contributed by atoms with Gasteiger partial charge in [0.1, 0.15) is 5.76 Å². The van der Waals surface area contributed by atoms with Crippen molar-refractivity contribution in [3.63, 3.8) is 0 Å². The van der Waals surface area contributed by atoms with Gasteiger partial charge in [0.05, 0.1) is 23.8 Å². The van der Waals surface area contributed by atoms with Gasteiger partial charge in [-0.1, -0.05) is 27.6 Å². The molecule has 1 N–H and O–H groups in total. The minimum Gasteiger partial charge on any atom is -0.434 e. The lowest BCUT2D eigenvalue weighted by Crippen LogP contribution is -2.49. The first-order valence-electron chi connectivity index (χ1n) is 9.11. The van der Waals surface area contributed by atoms with E-state index in [1.807, 2.05) is 25.1 Å². The summed E-state index contributed by atoms with van der Waals surface area (Å²) >= 11 is 3.52. The van der Waals surface area contributed by atoms with Crippen LogP contribution in [0.2, 0.25) is 0 Å². The molecule has 1 aliphatic heterocycles. The van der Waals surface area contributed by atoms with E-state index in [-0.39, 0.29) is 18.6 Å². The Kier molecular flexibility index (Phi) is 5.91. The van der Waals surface area contributed by atoms with Gasteiger partial charge >= 0.3 is 6.16 Å². The second-order valence-electron chi connectivity index (χ2n) is 6.94. The van der Waals surface area contributed by atoms with Gasteiger partial charge in [0.15, 0.2) is 0 Å². The highest BCUT2D eigenvalue weighted by Crippen LogP contribution is 2.45. The number of nitrogens with one attached hydrogen (secondary N) is 1. The minimum atomic E-state index is -0.793. The van der Waals surface area contributed by atoms with Crippen LogP contribution < -0.4 is 5.32 Å². The van der Waals surface area contributed by atoms with Crippen LogP contribution in [0.25, 0.3) is 5.57 Å². The van der Waals surface area contributed by atoms with E-state index in [0.717, 1.165) is 22.9 Å². The number of halogens is 1. The number of ether oxygens (including phenoxy) is 3. The van der Waals surface area contributed by atoms with Gasteiger partial charge in [0.25, 0.3) is 5.91 Å². The molecule has 0 unspecified atom stereocenters. The number of hydrogen-bond donors (Lipinski definition) is 1. The second-order valence-corrected chi connectivity index (χ2v) is 7.80. The van der Waals surface area contributed by atoms with Crippen molar-refractivity contribution in [3.05, 3.63) is 39.6 Å². The van der Waals surface area contributed by atoms with E-state index < -0.39 is 11.7 Å². The number of hydrogen-bond acceptors (Lipinski definition) is 5. The molecule has 1 aromatic carbocycles. The molecule has 0 atom stereocenters. The van der Waals surface area contributed by atoms with Gasteiger partial charge in [-0.3, -0.25) is 4.79 Å². The van der Waals surface area contributed by atoms with Crippen LogP contribution in [0.5, 0.6) is 0 Å². The molecule has 27 heavy (non-hydrogen) atoms. The SMILES string of the molecule is CCOC(=O)OC1=C(c2cc(C)ccc2Br)C(=O)NC12CCC(OC)CC2. The van der Waals surface area contributed by atoms with Crippen LogP contribution in [-0.4, -0.2) is 37.4 Å². The molecule has 146 valence electrons. The van der Waals surface area contributed by atoms with Crippen LogP contribution in [0, 0.1) is 6.92 Å². The van der Waals surface area contributed by atoms with Crippen molar-refractivity contribution in [1.82, 2.24) is 5.32 Å². The van der Waals surface area contributed by atoms with Gasteiger partial charge < -0.3 is 19.5 Å². The number of aryl methyl sites for hydroxylation is 1. The Morgan fingerprint density at radius 2 is 2.04 bits per heavy atom. The van der Waals surface area contributed by atoms with Gasteiger partial charge in [-0.05, 0) is 51.7 Å². The summed E-state index contributed by atoms with van der Waals surface area (Å²) in [4.78, 5) is 25.1. The summed E-state index contributed by atoms with van der Waals surface area (Å²) in [5.41, 5.74) is 1.39.